The van der Waals surface area contributed by atoms with Crippen molar-refractivity contribution in [3.63, 3.8) is 0 Å². The highest BCUT2D eigenvalue weighted by atomic mass is 32.2. The first-order valence-electron chi connectivity index (χ1n) is 5.05. The molecule has 16 heavy (non-hydrogen) atoms. The fourth-order valence-electron chi connectivity index (χ4n) is 1.16. The molecule has 0 saturated heterocycles. The second-order valence-corrected chi connectivity index (χ2v) is 4.10. The number of carbonyl (C=O) groups is 1. The summed E-state index contributed by atoms with van der Waals surface area (Å²) >= 11 is 1.45. The number of amides is 1. The minimum Gasteiger partial charge on any atom is -0.330 e. The molecule has 0 saturated carbocycles. The zero-order chi connectivity index (χ0) is 12.0. The van der Waals surface area contributed by atoms with Gasteiger partial charge in [0.15, 0.2) is 5.16 Å². The number of aromatic nitrogens is 2. The van der Waals surface area contributed by atoms with E-state index in [9.17, 15) is 4.79 Å². The van der Waals surface area contributed by atoms with Crippen LogP contribution in [0.2, 0.25) is 0 Å². The van der Waals surface area contributed by atoms with Crippen molar-refractivity contribution in [3.05, 3.63) is 11.8 Å². The lowest BCUT2D eigenvalue weighted by molar-refractivity contribution is -0.116. The first kappa shape index (κ1) is 12.9. The van der Waals surface area contributed by atoms with Gasteiger partial charge in [-0.25, -0.2) is 9.97 Å². The number of rotatable bonds is 5. The highest BCUT2D eigenvalue weighted by Crippen LogP contribution is 2.13. The highest BCUT2D eigenvalue weighted by molar-refractivity contribution is 7.98. The third-order valence-electron chi connectivity index (χ3n) is 1.89. The van der Waals surface area contributed by atoms with Crippen LogP contribution in [0.25, 0.3) is 0 Å². The summed E-state index contributed by atoms with van der Waals surface area (Å²) in [6.45, 7) is 2.39. The smallest absolute Gasteiger partial charge is 0.225 e. The number of hydrogen-bond acceptors (Lipinski definition) is 5. The molecule has 3 N–H and O–H groups in total. The maximum atomic E-state index is 11.4. The van der Waals surface area contributed by atoms with E-state index in [1.807, 2.05) is 13.2 Å². The van der Waals surface area contributed by atoms with Crippen LogP contribution < -0.4 is 11.1 Å². The van der Waals surface area contributed by atoms with Crippen molar-refractivity contribution in [2.75, 3.05) is 18.1 Å². The molecule has 6 heteroatoms. The van der Waals surface area contributed by atoms with Crippen LogP contribution in [-0.2, 0) is 4.79 Å². The minimum absolute atomic E-state index is 0.0596. The molecule has 1 amide bonds. The Kier molecular flexibility index (Phi) is 5.21. The van der Waals surface area contributed by atoms with Crippen molar-refractivity contribution < 1.29 is 4.79 Å². The number of nitrogens with one attached hydrogen (secondary N) is 1. The minimum atomic E-state index is -0.0596. The van der Waals surface area contributed by atoms with E-state index in [1.54, 1.807) is 6.07 Å². The summed E-state index contributed by atoms with van der Waals surface area (Å²) in [6.07, 6.45) is 3.01. The maximum absolute atomic E-state index is 11.4. The Morgan fingerprint density at radius 1 is 1.56 bits per heavy atom. The van der Waals surface area contributed by atoms with Gasteiger partial charge in [0.2, 0.25) is 5.91 Å². The van der Waals surface area contributed by atoms with Crippen molar-refractivity contribution >= 4 is 23.5 Å². The summed E-state index contributed by atoms with van der Waals surface area (Å²) in [5, 5.41) is 3.39. The molecule has 1 aromatic rings. The van der Waals surface area contributed by atoms with Crippen molar-refractivity contribution in [2.45, 2.75) is 24.9 Å². The molecule has 0 aliphatic rings. The van der Waals surface area contributed by atoms with Crippen molar-refractivity contribution in [1.82, 2.24) is 9.97 Å². The molecule has 0 aliphatic carbocycles. The SMILES string of the molecule is CSc1nc(C)cc(NC(=O)CCCN)n1. The summed E-state index contributed by atoms with van der Waals surface area (Å²) in [4.78, 5) is 19.8. The van der Waals surface area contributed by atoms with Crippen LogP contribution in [0.1, 0.15) is 18.5 Å². The second-order valence-electron chi connectivity index (χ2n) is 3.32. The summed E-state index contributed by atoms with van der Waals surface area (Å²) in [5.41, 5.74) is 6.17. The van der Waals surface area contributed by atoms with E-state index in [0.29, 0.717) is 30.4 Å². The van der Waals surface area contributed by atoms with Gasteiger partial charge in [-0.1, -0.05) is 11.8 Å². The van der Waals surface area contributed by atoms with Crippen LogP contribution in [0.3, 0.4) is 0 Å². The average molecular weight is 240 g/mol. The molecule has 0 atom stereocenters. The van der Waals surface area contributed by atoms with E-state index in [0.717, 1.165) is 5.69 Å². The fourth-order valence-corrected chi connectivity index (χ4v) is 1.59. The summed E-state index contributed by atoms with van der Waals surface area (Å²) in [6, 6.07) is 1.75. The lowest BCUT2D eigenvalue weighted by atomic mass is 10.3. The standard InChI is InChI=1S/C10H16N4OS/c1-7-6-8(14-10(12-7)16-2)13-9(15)4-3-5-11/h6H,3-5,11H2,1-2H3,(H,12,13,14,15). The van der Waals surface area contributed by atoms with E-state index in [1.165, 1.54) is 11.8 Å². The molecule has 5 nitrogen and oxygen atoms in total. The Labute approximate surface area is 99.2 Å². The molecule has 0 unspecified atom stereocenters. The number of nitrogens with zero attached hydrogens (tertiary/aromatic N) is 2. The summed E-state index contributed by atoms with van der Waals surface area (Å²) in [7, 11) is 0. The summed E-state index contributed by atoms with van der Waals surface area (Å²) in [5.74, 6) is 0.495. The molecule has 88 valence electrons. The number of hydrogen-bond donors (Lipinski definition) is 2. The normalized spacial score (nSPS) is 10.2. The van der Waals surface area contributed by atoms with E-state index in [4.69, 9.17) is 5.73 Å². The zero-order valence-corrected chi connectivity index (χ0v) is 10.3. The largest absolute Gasteiger partial charge is 0.330 e. The Balaban J connectivity index is 2.65. The first-order chi connectivity index (χ1) is 7.65. The quantitative estimate of drug-likeness (QED) is 0.596. The van der Waals surface area contributed by atoms with Gasteiger partial charge >= 0.3 is 0 Å². The van der Waals surface area contributed by atoms with E-state index in [2.05, 4.69) is 15.3 Å². The molecule has 0 bridgehead atoms. The zero-order valence-electron chi connectivity index (χ0n) is 9.49. The van der Waals surface area contributed by atoms with Gasteiger partial charge in [0.1, 0.15) is 5.82 Å². The molecule has 0 aliphatic heterocycles. The molecule has 0 spiro atoms. The van der Waals surface area contributed by atoms with Crippen LogP contribution in [0, 0.1) is 6.92 Å². The molecular weight excluding hydrogens is 224 g/mol. The topological polar surface area (TPSA) is 80.9 Å². The van der Waals surface area contributed by atoms with Crippen LogP contribution >= 0.6 is 11.8 Å². The third-order valence-corrected chi connectivity index (χ3v) is 2.44. The monoisotopic (exact) mass is 240 g/mol. The molecule has 0 radical (unpaired) electrons. The highest BCUT2D eigenvalue weighted by Gasteiger charge is 2.05. The molecule has 0 aromatic carbocycles. The lowest BCUT2D eigenvalue weighted by Gasteiger charge is -2.05. The van der Waals surface area contributed by atoms with E-state index < -0.39 is 0 Å². The van der Waals surface area contributed by atoms with Gasteiger partial charge in [0.25, 0.3) is 0 Å². The Hall–Kier alpha value is -1.14. The van der Waals surface area contributed by atoms with Gasteiger partial charge in [-0.05, 0) is 26.1 Å². The third kappa shape index (κ3) is 4.16. The van der Waals surface area contributed by atoms with E-state index in [-0.39, 0.29) is 5.91 Å². The number of carbonyl (C=O) groups excluding carboxylic acids is 1. The first-order valence-corrected chi connectivity index (χ1v) is 6.27. The number of aryl methyl sites for hydroxylation is 1. The second kappa shape index (κ2) is 6.44. The van der Waals surface area contributed by atoms with Gasteiger partial charge in [-0.3, -0.25) is 4.79 Å². The predicted octanol–water partition coefficient (Wildman–Crippen LogP) is 1.18. The van der Waals surface area contributed by atoms with Gasteiger partial charge in [-0.15, -0.1) is 0 Å². The number of thioether (sulfide) groups is 1. The maximum Gasteiger partial charge on any atom is 0.225 e. The number of nitrogens with two attached hydrogens (primary N) is 1. The van der Waals surface area contributed by atoms with Gasteiger partial charge in [0, 0.05) is 18.2 Å². The molecule has 1 rings (SSSR count). The molecular formula is C10H16N4OS. The molecule has 1 heterocycles. The Morgan fingerprint density at radius 2 is 2.31 bits per heavy atom. The van der Waals surface area contributed by atoms with Crippen LogP contribution in [0.15, 0.2) is 11.2 Å². The molecule has 1 aromatic heterocycles. The Morgan fingerprint density at radius 3 is 2.94 bits per heavy atom. The van der Waals surface area contributed by atoms with Crippen LogP contribution in [-0.4, -0.2) is 28.7 Å². The average Bonchev–Trinajstić information content (AvgIpc) is 2.25. The summed E-state index contributed by atoms with van der Waals surface area (Å²) < 4.78 is 0. The Bertz CT molecular complexity index is 370. The van der Waals surface area contributed by atoms with Gasteiger partial charge < -0.3 is 11.1 Å². The number of anilines is 1. The lowest BCUT2D eigenvalue weighted by Crippen LogP contribution is -2.14. The molecule has 0 fully saturated rings. The van der Waals surface area contributed by atoms with Crippen LogP contribution in [0.4, 0.5) is 5.82 Å². The van der Waals surface area contributed by atoms with Crippen molar-refractivity contribution in [2.24, 2.45) is 5.73 Å². The predicted molar refractivity (Wildman–Crippen MR) is 65.5 cm³/mol. The fraction of sp³-hybridized carbons (Fsp3) is 0.500. The van der Waals surface area contributed by atoms with Crippen molar-refractivity contribution in [1.29, 1.82) is 0 Å². The van der Waals surface area contributed by atoms with Gasteiger partial charge in [-0.2, -0.15) is 0 Å². The van der Waals surface area contributed by atoms with Crippen LogP contribution in [0.5, 0.6) is 0 Å². The van der Waals surface area contributed by atoms with E-state index >= 15 is 0 Å². The van der Waals surface area contributed by atoms with Crippen molar-refractivity contribution in [3.8, 4) is 0 Å². The van der Waals surface area contributed by atoms with Gasteiger partial charge in [0.05, 0.1) is 0 Å².